The maximum absolute atomic E-state index is 5.68. The number of hydrogen-bond donors (Lipinski definition) is 3. The van der Waals surface area contributed by atoms with Crippen LogP contribution in [0, 0.1) is 0 Å². The number of aromatic nitrogens is 4. The molecular formula is C10H9N7S2. The van der Waals surface area contributed by atoms with Gasteiger partial charge in [-0.2, -0.15) is 0 Å². The first-order valence-electron chi connectivity index (χ1n) is 5.20. The smallest absolute Gasteiger partial charge is 0.222 e. The van der Waals surface area contributed by atoms with Gasteiger partial charge >= 0.3 is 0 Å². The average molecular weight is 291 g/mol. The summed E-state index contributed by atoms with van der Waals surface area (Å²) >= 11 is 2.76. The Kier molecular flexibility index (Phi) is 2.84. The predicted octanol–water partition coefficient (Wildman–Crippen LogP) is 1.38. The van der Waals surface area contributed by atoms with E-state index in [1.54, 1.807) is 0 Å². The van der Waals surface area contributed by atoms with Crippen molar-refractivity contribution in [1.29, 1.82) is 0 Å². The molecule has 96 valence electrons. The van der Waals surface area contributed by atoms with Crippen molar-refractivity contribution in [2.24, 2.45) is 0 Å². The van der Waals surface area contributed by atoms with Crippen molar-refractivity contribution >= 4 is 50.9 Å². The van der Waals surface area contributed by atoms with Crippen LogP contribution in [0.3, 0.4) is 0 Å². The summed E-state index contributed by atoms with van der Waals surface area (Å²) in [6.45, 7) is 0. The number of nitrogens with two attached hydrogens (primary N) is 3. The van der Waals surface area contributed by atoms with Crippen molar-refractivity contribution < 1.29 is 0 Å². The van der Waals surface area contributed by atoms with Crippen molar-refractivity contribution in [3.05, 3.63) is 17.5 Å². The molecule has 0 aliphatic heterocycles. The Hall–Kier alpha value is -2.13. The van der Waals surface area contributed by atoms with Gasteiger partial charge in [0.15, 0.2) is 5.16 Å². The van der Waals surface area contributed by atoms with E-state index in [2.05, 4.69) is 19.9 Å². The molecule has 0 amide bonds. The summed E-state index contributed by atoms with van der Waals surface area (Å²) in [7, 11) is 0. The van der Waals surface area contributed by atoms with E-state index in [1.807, 2.05) is 11.4 Å². The first-order chi connectivity index (χ1) is 9.11. The minimum absolute atomic E-state index is 0.217. The third kappa shape index (κ3) is 2.37. The lowest BCUT2D eigenvalue weighted by Gasteiger charge is -2.03. The lowest BCUT2D eigenvalue weighted by molar-refractivity contribution is 0.978. The molecule has 3 aromatic heterocycles. The van der Waals surface area contributed by atoms with Crippen LogP contribution in [0.2, 0.25) is 0 Å². The standard InChI is InChI=1S/C10H9N7S2/c11-5-3-6(12)15-10(14-5)19-8-4-1-2-18-7(4)16-9(13)17-8/h1-3H,(H2,13,16,17)(H4,11,12,14,15). The Labute approximate surface area is 116 Å². The van der Waals surface area contributed by atoms with Crippen molar-refractivity contribution in [3.63, 3.8) is 0 Å². The highest BCUT2D eigenvalue weighted by atomic mass is 32.2. The number of rotatable bonds is 2. The van der Waals surface area contributed by atoms with Crippen molar-refractivity contribution in [2.75, 3.05) is 17.2 Å². The summed E-state index contributed by atoms with van der Waals surface area (Å²) in [6, 6.07) is 3.43. The molecule has 0 spiro atoms. The maximum atomic E-state index is 5.68. The molecule has 0 unspecified atom stereocenters. The minimum atomic E-state index is 0.217. The normalized spacial score (nSPS) is 10.9. The second kappa shape index (κ2) is 4.52. The van der Waals surface area contributed by atoms with E-state index in [0.29, 0.717) is 21.8 Å². The van der Waals surface area contributed by atoms with Gasteiger partial charge in [0.2, 0.25) is 5.95 Å². The molecule has 0 saturated heterocycles. The fourth-order valence-corrected chi connectivity index (χ4v) is 3.24. The molecule has 0 aromatic carbocycles. The van der Waals surface area contributed by atoms with Crippen molar-refractivity contribution in [1.82, 2.24) is 19.9 Å². The minimum Gasteiger partial charge on any atom is -0.383 e. The van der Waals surface area contributed by atoms with Gasteiger partial charge in [0.1, 0.15) is 21.5 Å². The highest BCUT2D eigenvalue weighted by Gasteiger charge is 2.11. The molecular weight excluding hydrogens is 282 g/mol. The molecule has 3 aromatic rings. The van der Waals surface area contributed by atoms with E-state index in [0.717, 1.165) is 10.2 Å². The summed E-state index contributed by atoms with van der Waals surface area (Å²) < 4.78 is 0. The van der Waals surface area contributed by atoms with E-state index in [-0.39, 0.29) is 5.95 Å². The number of fused-ring (bicyclic) bond motifs is 1. The number of nitrogen functional groups attached to an aromatic ring is 3. The molecule has 3 rings (SSSR count). The van der Waals surface area contributed by atoms with Crippen LogP contribution in [0.5, 0.6) is 0 Å². The van der Waals surface area contributed by atoms with Crippen LogP contribution in [0.1, 0.15) is 0 Å². The zero-order chi connectivity index (χ0) is 13.4. The van der Waals surface area contributed by atoms with E-state index in [1.165, 1.54) is 29.2 Å². The highest BCUT2D eigenvalue weighted by molar-refractivity contribution is 7.99. The fourth-order valence-electron chi connectivity index (χ4n) is 1.52. The average Bonchev–Trinajstić information content (AvgIpc) is 2.75. The van der Waals surface area contributed by atoms with Gasteiger partial charge < -0.3 is 17.2 Å². The van der Waals surface area contributed by atoms with Crippen LogP contribution in [-0.4, -0.2) is 19.9 Å². The SMILES string of the molecule is Nc1cc(N)nc(Sc2nc(N)nc3sccc23)n1. The quantitative estimate of drug-likeness (QED) is 0.477. The van der Waals surface area contributed by atoms with Gasteiger partial charge in [-0.15, -0.1) is 11.3 Å². The molecule has 0 atom stereocenters. The fraction of sp³-hybridized carbons (Fsp3) is 0. The van der Waals surface area contributed by atoms with Crippen LogP contribution in [0.4, 0.5) is 17.6 Å². The van der Waals surface area contributed by atoms with Crippen molar-refractivity contribution in [3.8, 4) is 0 Å². The molecule has 9 heteroatoms. The number of anilines is 3. The maximum Gasteiger partial charge on any atom is 0.222 e. The molecule has 6 N–H and O–H groups in total. The number of thiophene rings is 1. The van der Waals surface area contributed by atoms with Gasteiger partial charge in [-0.1, -0.05) is 0 Å². The third-order valence-corrected chi connectivity index (χ3v) is 3.92. The molecule has 0 radical (unpaired) electrons. The van der Waals surface area contributed by atoms with E-state index >= 15 is 0 Å². The summed E-state index contributed by atoms with van der Waals surface area (Å²) in [5.74, 6) is 0.853. The number of hydrogen-bond acceptors (Lipinski definition) is 9. The lowest BCUT2D eigenvalue weighted by Crippen LogP contribution is -2.00. The molecule has 0 fully saturated rings. The lowest BCUT2D eigenvalue weighted by atomic mass is 10.4. The van der Waals surface area contributed by atoms with Crippen LogP contribution >= 0.6 is 23.1 Å². The Morgan fingerprint density at radius 1 is 1.00 bits per heavy atom. The molecule has 19 heavy (non-hydrogen) atoms. The third-order valence-electron chi connectivity index (χ3n) is 2.24. The first-order valence-corrected chi connectivity index (χ1v) is 6.90. The van der Waals surface area contributed by atoms with Gasteiger partial charge in [0.25, 0.3) is 0 Å². The summed E-state index contributed by atoms with van der Waals surface area (Å²) in [5.41, 5.74) is 16.9. The van der Waals surface area contributed by atoms with Crippen LogP contribution in [0.25, 0.3) is 10.2 Å². The Bertz CT molecular complexity index is 734. The zero-order valence-corrected chi connectivity index (χ0v) is 11.2. The zero-order valence-electron chi connectivity index (χ0n) is 9.57. The second-order valence-electron chi connectivity index (χ2n) is 3.63. The molecule has 7 nitrogen and oxygen atoms in total. The Balaban J connectivity index is 2.07. The second-order valence-corrected chi connectivity index (χ2v) is 5.48. The summed E-state index contributed by atoms with van der Waals surface area (Å²) in [5, 5.41) is 3.96. The molecule has 0 bridgehead atoms. The molecule has 0 aliphatic carbocycles. The Morgan fingerprint density at radius 3 is 2.47 bits per heavy atom. The summed E-state index contributed by atoms with van der Waals surface area (Å²) in [4.78, 5) is 17.4. The summed E-state index contributed by atoms with van der Waals surface area (Å²) in [6.07, 6.45) is 0. The molecule has 3 heterocycles. The topological polar surface area (TPSA) is 130 Å². The monoisotopic (exact) mass is 291 g/mol. The Morgan fingerprint density at radius 2 is 1.74 bits per heavy atom. The highest BCUT2D eigenvalue weighted by Crippen LogP contribution is 2.32. The van der Waals surface area contributed by atoms with Gasteiger partial charge in [-0.05, 0) is 23.2 Å². The van der Waals surface area contributed by atoms with E-state index in [4.69, 9.17) is 17.2 Å². The van der Waals surface area contributed by atoms with Crippen molar-refractivity contribution in [2.45, 2.75) is 10.2 Å². The van der Waals surface area contributed by atoms with Gasteiger partial charge in [0.05, 0.1) is 0 Å². The van der Waals surface area contributed by atoms with Crippen LogP contribution in [-0.2, 0) is 0 Å². The predicted molar refractivity (Wildman–Crippen MR) is 76.8 cm³/mol. The van der Waals surface area contributed by atoms with Crippen LogP contribution in [0.15, 0.2) is 27.7 Å². The number of nitrogens with zero attached hydrogens (tertiary/aromatic N) is 4. The van der Waals surface area contributed by atoms with E-state index in [9.17, 15) is 0 Å². The van der Waals surface area contributed by atoms with Crippen LogP contribution < -0.4 is 17.2 Å². The van der Waals surface area contributed by atoms with Gasteiger partial charge in [-0.3, -0.25) is 0 Å². The van der Waals surface area contributed by atoms with E-state index < -0.39 is 0 Å². The van der Waals surface area contributed by atoms with Gasteiger partial charge in [0, 0.05) is 11.5 Å². The molecule has 0 saturated carbocycles. The van der Waals surface area contributed by atoms with Gasteiger partial charge in [-0.25, -0.2) is 19.9 Å². The largest absolute Gasteiger partial charge is 0.383 e. The molecule has 0 aliphatic rings. The first kappa shape index (κ1) is 11.9.